The highest BCUT2D eigenvalue weighted by molar-refractivity contribution is 9.09. The van der Waals surface area contributed by atoms with Gasteiger partial charge in [-0.15, -0.1) is 0 Å². The van der Waals surface area contributed by atoms with Crippen LogP contribution in [0.15, 0.2) is 24.3 Å². The molecule has 2 unspecified atom stereocenters. The normalized spacial score (nSPS) is 26.7. The second-order valence-electron chi connectivity index (χ2n) is 3.65. The van der Waals surface area contributed by atoms with E-state index in [0.717, 1.165) is 17.4 Å². The molecule has 1 aliphatic heterocycles. The van der Waals surface area contributed by atoms with Gasteiger partial charge in [0.2, 0.25) is 0 Å². The minimum atomic E-state index is 0.673. The van der Waals surface area contributed by atoms with Gasteiger partial charge in [-0.3, -0.25) is 0 Å². The summed E-state index contributed by atoms with van der Waals surface area (Å²) in [6, 6.07) is 8.20. The lowest BCUT2D eigenvalue weighted by Gasteiger charge is -2.12. The van der Waals surface area contributed by atoms with Gasteiger partial charge >= 0.3 is 0 Å². The molecule has 3 heteroatoms. The van der Waals surface area contributed by atoms with Crippen molar-refractivity contribution in [3.05, 3.63) is 34.9 Å². The van der Waals surface area contributed by atoms with E-state index in [1.165, 1.54) is 17.1 Å². The highest BCUT2D eigenvalue weighted by Crippen LogP contribution is 2.32. The van der Waals surface area contributed by atoms with Crippen molar-refractivity contribution in [1.29, 1.82) is 0 Å². The zero-order chi connectivity index (χ0) is 9.97. The molecule has 1 saturated heterocycles. The average Bonchev–Trinajstić information content (AvgIpc) is 2.52. The monoisotopic (exact) mass is 290 g/mol. The Bertz CT molecular complexity index is 316. The van der Waals surface area contributed by atoms with Gasteiger partial charge in [-0.25, -0.2) is 0 Å². The van der Waals surface area contributed by atoms with Crippen molar-refractivity contribution >= 4 is 39.3 Å². The Hall–Kier alpha value is 0.340. The largest absolute Gasteiger partial charge is 0.160 e. The molecule has 2 rings (SSSR count). The third kappa shape index (κ3) is 2.68. The van der Waals surface area contributed by atoms with Crippen LogP contribution in [-0.2, 0) is 6.42 Å². The maximum atomic E-state index is 5.95. The van der Waals surface area contributed by atoms with Crippen molar-refractivity contribution in [3.8, 4) is 0 Å². The van der Waals surface area contributed by atoms with Crippen LogP contribution in [-0.4, -0.2) is 16.3 Å². The summed E-state index contributed by atoms with van der Waals surface area (Å²) in [5.74, 6) is 3.27. The molecular formula is C11H12BrClS. The molecule has 1 heterocycles. The molecule has 0 aliphatic carbocycles. The molecule has 0 aromatic heterocycles. The van der Waals surface area contributed by atoms with E-state index in [4.69, 9.17) is 11.6 Å². The van der Waals surface area contributed by atoms with Crippen LogP contribution in [0.25, 0.3) is 0 Å². The average molecular weight is 292 g/mol. The third-order valence-electron chi connectivity index (χ3n) is 2.51. The van der Waals surface area contributed by atoms with E-state index < -0.39 is 0 Å². The Labute approximate surface area is 103 Å². The third-order valence-corrected chi connectivity index (χ3v) is 5.50. The zero-order valence-electron chi connectivity index (χ0n) is 7.75. The summed E-state index contributed by atoms with van der Waals surface area (Å²) >= 11 is 11.7. The van der Waals surface area contributed by atoms with Crippen molar-refractivity contribution < 1.29 is 0 Å². The van der Waals surface area contributed by atoms with Crippen molar-refractivity contribution in [2.24, 2.45) is 5.92 Å². The van der Waals surface area contributed by atoms with Crippen LogP contribution in [0, 0.1) is 5.92 Å². The minimum Gasteiger partial charge on any atom is -0.160 e. The topological polar surface area (TPSA) is 0 Å². The SMILES string of the molecule is Clc1cccc(CC2CSCC2Br)c1. The van der Waals surface area contributed by atoms with Crippen LogP contribution < -0.4 is 0 Å². The van der Waals surface area contributed by atoms with Crippen LogP contribution in [0.2, 0.25) is 5.02 Å². The fourth-order valence-corrected chi connectivity index (χ4v) is 4.41. The van der Waals surface area contributed by atoms with E-state index in [9.17, 15) is 0 Å². The lowest BCUT2D eigenvalue weighted by atomic mass is 9.99. The highest BCUT2D eigenvalue weighted by Gasteiger charge is 2.25. The van der Waals surface area contributed by atoms with Crippen molar-refractivity contribution in [2.45, 2.75) is 11.2 Å². The molecule has 76 valence electrons. The molecule has 0 spiro atoms. The van der Waals surface area contributed by atoms with Crippen LogP contribution in [0.1, 0.15) is 5.56 Å². The first kappa shape index (κ1) is 10.8. The Kier molecular flexibility index (Phi) is 3.80. The van der Waals surface area contributed by atoms with E-state index in [1.54, 1.807) is 0 Å². The van der Waals surface area contributed by atoms with Crippen LogP contribution in [0.5, 0.6) is 0 Å². The van der Waals surface area contributed by atoms with Crippen LogP contribution in [0.3, 0.4) is 0 Å². The fraction of sp³-hybridized carbons (Fsp3) is 0.455. The Balaban J connectivity index is 2.03. The molecule has 0 amide bonds. The van der Waals surface area contributed by atoms with E-state index in [1.807, 2.05) is 23.9 Å². The summed E-state index contributed by atoms with van der Waals surface area (Å²) in [4.78, 5) is 0.673. The van der Waals surface area contributed by atoms with E-state index in [2.05, 4.69) is 28.1 Å². The minimum absolute atomic E-state index is 0.673. The van der Waals surface area contributed by atoms with Gasteiger partial charge in [0.1, 0.15) is 0 Å². The van der Waals surface area contributed by atoms with Crippen molar-refractivity contribution in [3.63, 3.8) is 0 Å². The van der Waals surface area contributed by atoms with E-state index in [0.29, 0.717) is 4.83 Å². The smallest absolute Gasteiger partial charge is 0.0408 e. The summed E-state index contributed by atoms with van der Waals surface area (Å²) in [6.45, 7) is 0. The number of halogens is 2. The van der Waals surface area contributed by atoms with Crippen molar-refractivity contribution in [2.75, 3.05) is 11.5 Å². The first-order valence-corrected chi connectivity index (χ1v) is 7.17. The van der Waals surface area contributed by atoms with Gasteiger partial charge in [0.05, 0.1) is 0 Å². The summed E-state index contributed by atoms with van der Waals surface area (Å²) < 4.78 is 0. The van der Waals surface area contributed by atoms with Gasteiger partial charge < -0.3 is 0 Å². The summed E-state index contributed by atoms with van der Waals surface area (Å²) in [5, 5.41) is 0.847. The van der Waals surface area contributed by atoms with Crippen LogP contribution in [0.4, 0.5) is 0 Å². The predicted octanol–water partition coefficient (Wildman–Crippen LogP) is 4.01. The highest BCUT2D eigenvalue weighted by atomic mass is 79.9. The second kappa shape index (κ2) is 4.91. The number of thioether (sulfide) groups is 1. The lowest BCUT2D eigenvalue weighted by molar-refractivity contribution is 0.616. The van der Waals surface area contributed by atoms with E-state index >= 15 is 0 Å². The van der Waals surface area contributed by atoms with Gasteiger partial charge in [0.15, 0.2) is 0 Å². The van der Waals surface area contributed by atoms with E-state index in [-0.39, 0.29) is 0 Å². The van der Waals surface area contributed by atoms with Crippen LogP contribution >= 0.6 is 39.3 Å². The number of rotatable bonds is 2. The first-order valence-electron chi connectivity index (χ1n) is 4.72. The Morgan fingerprint density at radius 3 is 2.93 bits per heavy atom. The Morgan fingerprint density at radius 2 is 2.29 bits per heavy atom. The zero-order valence-corrected chi connectivity index (χ0v) is 10.9. The van der Waals surface area contributed by atoms with Gasteiger partial charge in [0.25, 0.3) is 0 Å². The number of alkyl halides is 1. The molecule has 1 aliphatic rings. The molecule has 1 fully saturated rings. The number of hydrogen-bond acceptors (Lipinski definition) is 1. The summed E-state index contributed by atoms with van der Waals surface area (Å²) in [5.41, 5.74) is 1.36. The molecule has 0 saturated carbocycles. The summed E-state index contributed by atoms with van der Waals surface area (Å²) in [6.07, 6.45) is 1.14. The van der Waals surface area contributed by atoms with Crippen molar-refractivity contribution in [1.82, 2.24) is 0 Å². The fourth-order valence-electron chi connectivity index (χ4n) is 1.73. The molecule has 1 aromatic carbocycles. The number of hydrogen-bond donors (Lipinski definition) is 0. The molecule has 0 bridgehead atoms. The second-order valence-corrected chi connectivity index (χ2v) is 6.34. The molecular weight excluding hydrogens is 280 g/mol. The maximum absolute atomic E-state index is 5.95. The summed E-state index contributed by atoms with van der Waals surface area (Å²) in [7, 11) is 0. The van der Waals surface area contributed by atoms with Gasteiger partial charge in [-0.2, -0.15) is 11.8 Å². The molecule has 2 atom stereocenters. The molecule has 0 radical (unpaired) electrons. The molecule has 0 N–H and O–H groups in total. The maximum Gasteiger partial charge on any atom is 0.0408 e. The molecule has 14 heavy (non-hydrogen) atoms. The number of benzene rings is 1. The van der Waals surface area contributed by atoms with Gasteiger partial charge in [-0.05, 0) is 35.8 Å². The predicted molar refractivity (Wildman–Crippen MR) is 68.7 cm³/mol. The molecule has 1 aromatic rings. The lowest BCUT2D eigenvalue weighted by Crippen LogP contribution is -2.14. The van der Waals surface area contributed by atoms with Gasteiger partial charge in [0, 0.05) is 15.6 Å². The quantitative estimate of drug-likeness (QED) is 0.742. The first-order chi connectivity index (χ1) is 6.75. The van der Waals surface area contributed by atoms with Gasteiger partial charge in [-0.1, -0.05) is 39.7 Å². The standard InChI is InChI=1S/C11H12BrClS/c12-11-7-14-6-9(11)4-8-2-1-3-10(13)5-8/h1-3,5,9,11H,4,6-7H2. The molecule has 0 nitrogen and oxygen atoms in total. The Morgan fingerprint density at radius 1 is 1.43 bits per heavy atom.